The van der Waals surface area contributed by atoms with Gasteiger partial charge in [-0.1, -0.05) is 152 Å². The molecule has 3 heteroatoms. The number of nitrogens with zero attached hydrogens (tertiary/aromatic N) is 3. The predicted molar refractivity (Wildman–Crippen MR) is 223 cm³/mol. The number of fused-ring (bicyclic) bond motifs is 7. The van der Waals surface area contributed by atoms with Gasteiger partial charge in [0.2, 0.25) is 5.95 Å². The average molecular weight is 674 g/mol. The molecule has 11 aromatic rings. The van der Waals surface area contributed by atoms with Crippen molar-refractivity contribution in [2.24, 2.45) is 0 Å². The predicted octanol–water partition coefficient (Wildman–Crippen LogP) is 13.2. The highest BCUT2D eigenvalue weighted by Gasteiger charge is 2.21. The van der Waals surface area contributed by atoms with Gasteiger partial charge in [0.05, 0.1) is 22.2 Å². The van der Waals surface area contributed by atoms with Gasteiger partial charge < -0.3 is 0 Å². The van der Waals surface area contributed by atoms with E-state index < -0.39 is 0 Å². The molecule has 2 aromatic heterocycles. The summed E-state index contributed by atoms with van der Waals surface area (Å²) in [6, 6.07) is 67.5. The monoisotopic (exact) mass is 673 g/mol. The average Bonchev–Trinajstić information content (AvgIpc) is 3.55. The molecule has 0 bridgehead atoms. The van der Waals surface area contributed by atoms with Crippen LogP contribution in [0.3, 0.4) is 0 Å². The highest BCUT2D eigenvalue weighted by molar-refractivity contribution is 6.14. The zero-order valence-electron chi connectivity index (χ0n) is 28.7. The Bertz CT molecular complexity index is 3220. The van der Waals surface area contributed by atoms with Crippen LogP contribution in [0.15, 0.2) is 188 Å². The van der Waals surface area contributed by atoms with Gasteiger partial charge in [-0.2, -0.15) is 0 Å². The molecule has 11 rings (SSSR count). The van der Waals surface area contributed by atoms with Crippen molar-refractivity contribution in [1.29, 1.82) is 0 Å². The molecule has 0 amide bonds. The molecular weight excluding hydrogens is 643 g/mol. The van der Waals surface area contributed by atoms with Crippen molar-refractivity contribution in [2.45, 2.75) is 0 Å². The van der Waals surface area contributed by atoms with Crippen LogP contribution < -0.4 is 0 Å². The molecule has 0 radical (unpaired) electrons. The van der Waals surface area contributed by atoms with Gasteiger partial charge in [0, 0.05) is 21.7 Å². The highest BCUT2D eigenvalue weighted by atomic mass is 15.2. The first-order valence-corrected chi connectivity index (χ1v) is 18.1. The summed E-state index contributed by atoms with van der Waals surface area (Å²) in [4.78, 5) is 11.0. The van der Waals surface area contributed by atoms with Crippen molar-refractivity contribution >= 4 is 65.0 Å². The smallest absolute Gasteiger partial charge is 0.235 e. The minimum absolute atomic E-state index is 0.653. The Morgan fingerprint density at radius 3 is 1.81 bits per heavy atom. The fourth-order valence-electron chi connectivity index (χ4n) is 8.23. The minimum atomic E-state index is 0.653. The third kappa shape index (κ3) is 4.75. The van der Waals surface area contributed by atoms with Crippen LogP contribution in [-0.4, -0.2) is 14.5 Å². The topological polar surface area (TPSA) is 30.7 Å². The SMILES string of the molecule is c1ccc(-c2nc(-n3c4ccccc4c4cc5ccccc5cc43)nc3cc(-c4cccc5ccccc45)c(-c4ccc5ccccc5c4)cc23)cc1. The van der Waals surface area contributed by atoms with Gasteiger partial charge in [-0.25, -0.2) is 9.97 Å². The minimum Gasteiger partial charge on any atom is -0.278 e. The van der Waals surface area contributed by atoms with E-state index >= 15 is 0 Å². The summed E-state index contributed by atoms with van der Waals surface area (Å²) in [6.45, 7) is 0. The van der Waals surface area contributed by atoms with Gasteiger partial charge in [-0.15, -0.1) is 0 Å². The number of hydrogen-bond donors (Lipinski definition) is 0. The highest BCUT2D eigenvalue weighted by Crippen LogP contribution is 2.42. The third-order valence-corrected chi connectivity index (χ3v) is 10.8. The summed E-state index contributed by atoms with van der Waals surface area (Å²) in [5, 5.41) is 10.6. The van der Waals surface area contributed by atoms with Crippen molar-refractivity contribution in [1.82, 2.24) is 14.5 Å². The lowest BCUT2D eigenvalue weighted by molar-refractivity contribution is 1.01. The molecule has 0 aliphatic carbocycles. The fourth-order valence-corrected chi connectivity index (χ4v) is 8.23. The molecule has 0 saturated carbocycles. The third-order valence-electron chi connectivity index (χ3n) is 10.8. The van der Waals surface area contributed by atoms with E-state index in [0.717, 1.165) is 49.9 Å². The van der Waals surface area contributed by atoms with Gasteiger partial charge in [0.1, 0.15) is 0 Å². The first-order chi connectivity index (χ1) is 26.3. The Kier molecular flexibility index (Phi) is 6.55. The molecule has 0 fully saturated rings. The van der Waals surface area contributed by atoms with Gasteiger partial charge in [-0.05, 0) is 91.0 Å². The molecule has 0 unspecified atom stereocenters. The number of hydrogen-bond acceptors (Lipinski definition) is 2. The van der Waals surface area contributed by atoms with Crippen molar-refractivity contribution in [2.75, 3.05) is 0 Å². The van der Waals surface area contributed by atoms with Crippen LogP contribution in [0.4, 0.5) is 0 Å². The van der Waals surface area contributed by atoms with Crippen LogP contribution in [0.5, 0.6) is 0 Å². The van der Waals surface area contributed by atoms with Gasteiger partial charge in [0.15, 0.2) is 0 Å². The van der Waals surface area contributed by atoms with E-state index in [1.807, 2.05) is 0 Å². The lowest BCUT2D eigenvalue weighted by atomic mass is 9.88. The zero-order chi connectivity index (χ0) is 34.9. The second kappa shape index (κ2) is 11.7. The van der Waals surface area contributed by atoms with E-state index in [4.69, 9.17) is 9.97 Å². The molecule has 0 aliphatic heterocycles. The maximum absolute atomic E-state index is 5.49. The molecule has 246 valence electrons. The van der Waals surface area contributed by atoms with Crippen LogP contribution in [0.25, 0.3) is 104 Å². The Labute approximate surface area is 306 Å². The van der Waals surface area contributed by atoms with E-state index in [-0.39, 0.29) is 0 Å². The van der Waals surface area contributed by atoms with Gasteiger partial charge in [0.25, 0.3) is 0 Å². The zero-order valence-corrected chi connectivity index (χ0v) is 28.7. The van der Waals surface area contributed by atoms with Crippen molar-refractivity contribution < 1.29 is 0 Å². The lowest BCUT2D eigenvalue weighted by Crippen LogP contribution is -2.04. The molecule has 0 saturated heterocycles. The molecule has 0 aliphatic rings. The number of aromatic nitrogens is 3. The largest absolute Gasteiger partial charge is 0.278 e. The summed E-state index contributed by atoms with van der Waals surface area (Å²) >= 11 is 0. The summed E-state index contributed by atoms with van der Waals surface area (Å²) in [5.41, 5.74) is 9.65. The molecule has 3 nitrogen and oxygen atoms in total. The number of para-hydroxylation sites is 1. The van der Waals surface area contributed by atoms with Crippen LogP contribution in [0.1, 0.15) is 0 Å². The Balaban J connectivity index is 1.27. The van der Waals surface area contributed by atoms with Crippen LogP contribution in [0.2, 0.25) is 0 Å². The maximum Gasteiger partial charge on any atom is 0.235 e. The van der Waals surface area contributed by atoms with E-state index in [1.54, 1.807) is 0 Å². The molecule has 0 atom stereocenters. The van der Waals surface area contributed by atoms with E-state index in [2.05, 4.69) is 193 Å². The molecule has 2 heterocycles. The molecular formula is C50H31N3. The Morgan fingerprint density at radius 1 is 0.321 bits per heavy atom. The van der Waals surface area contributed by atoms with Crippen LogP contribution in [0, 0.1) is 0 Å². The second-order valence-electron chi connectivity index (χ2n) is 13.8. The summed E-state index contributed by atoms with van der Waals surface area (Å²) < 4.78 is 2.25. The summed E-state index contributed by atoms with van der Waals surface area (Å²) in [7, 11) is 0. The Morgan fingerprint density at radius 2 is 0.981 bits per heavy atom. The van der Waals surface area contributed by atoms with Crippen LogP contribution >= 0.6 is 0 Å². The van der Waals surface area contributed by atoms with Crippen molar-refractivity contribution in [3.8, 4) is 39.5 Å². The molecule has 0 N–H and O–H groups in total. The first kappa shape index (κ1) is 29.6. The molecule has 9 aromatic carbocycles. The standard InChI is InChI=1S/C50H31N3/c1-2-15-34(16-3-1)49-45-30-42(38-26-25-32-13-4-5-17-35(32)27-38)43(40-23-12-20-33-14-8-9-21-39(33)40)31-46(45)51-50(52-49)53-47-24-11-10-22-41(47)44-28-36-18-6-7-19-37(36)29-48(44)53/h1-31H. The van der Waals surface area contributed by atoms with E-state index in [0.29, 0.717) is 5.95 Å². The number of benzene rings is 9. The number of rotatable bonds is 4. The maximum atomic E-state index is 5.49. The van der Waals surface area contributed by atoms with Crippen molar-refractivity contribution in [3.05, 3.63) is 188 Å². The van der Waals surface area contributed by atoms with Gasteiger partial charge in [-0.3, -0.25) is 4.57 Å². The van der Waals surface area contributed by atoms with Crippen LogP contribution in [-0.2, 0) is 0 Å². The summed E-state index contributed by atoms with van der Waals surface area (Å²) in [6.07, 6.45) is 0. The Hall–Kier alpha value is -7.10. The second-order valence-corrected chi connectivity index (χ2v) is 13.8. The van der Waals surface area contributed by atoms with E-state index in [1.165, 1.54) is 48.7 Å². The molecule has 0 spiro atoms. The van der Waals surface area contributed by atoms with Gasteiger partial charge >= 0.3 is 0 Å². The fraction of sp³-hybridized carbons (Fsp3) is 0. The quantitative estimate of drug-likeness (QED) is 0.186. The normalized spacial score (nSPS) is 11.8. The first-order valence-electron chi connectivity index (χ1n) is 18.1. The van der Waals surface area contributed by atoms with E-state index in [9.17, 15) is 0 Å². The lowest BCUT2D eigenvalue weighted by Gasteiger charge is -2.17. The summed E-state index contributed by atoms with van der Waals surface area (Å²) in [5.74, 6) is 0.653. The molecule has 53 heavy (non-hydrogen) atoms. The van der Waals surface area contributed by atoms with Crippen molar-refractivity contribution in [3.63, 3.8) is 0 Å².